The molecule has 2 heterocycles. The van der Waals surface area contributed by atoms with Gasteiger partial charge in [-0.05, 0) is 36.6 Å². The molecule has 1 fully saturated rings. The van der Waals surface area contributed by atoms with Crippen LogP contribution >= 0.6 is 11.3 Å². The summed E-state index contributed by atoms with van der Waals surface area (Å²) in [5.41, 5.74) is 2.48. The van der Waals surface area contributed by atoms with Crippen molar-refractivity contribution in [2.45, 2.75) is 12.8 Å². The summed E-state index contributed by atoms with van der Waals surface area (Å²) in [5.74, 6) is 0.204. The van der Waals surface area contributed by atoms with Gasteiger partial charge in [-0.25, -0.2) is 4.98 Å². The summed E-state index contributed by atoms with van der Waals surface area (Å²) in [5, 5.41) is 8.13. The molecule has 7 heteroatoms. The Hall–Kier alpha value is -3.19. The standard InChI is InChI=1S/C23H24N4O2S/c28-21(24-14-17-11-12-27(15-17)20-9-5-2-6-10-20)13-19-16-30-23(25-19)26-22(29)18-7-3-1-4-8-18/h1-10,16-17H,11-15H2,(H,24,28)(H,25,26,29). The van der Waals surface area contributed by atoms with Gasteiger partial charge in [-0.1, -0.05) is 36.4 Å². The van der Waals surface area contributed by atoms with Crippen molar-refractivity contribution in [3.8, 4) is 0 Å². The van der Waals surface area contributed by atoms with E-state index >= 15 is 0 Å². The normalized spacial score (nSPS) is 15.7. The lowest BCUT2D eigenvalue weighted by Crippen LogP contribution is -2.32. The number of nitrogens with one attached hydrogen (secondary N) is 2. The summed E-state index contributed by atoms with van der Waals surface area (Å²) < 4.78 is 0. The van der Waals surface area contributed by atoms with Gasteiger partial charge in [-0.2, -0.15) is 0 Å². The minimum absolute atomic E-state index is 0.0422. The average Bonchev–Trinajstić information content (AvgIpc) is 3.43. The minimum atomic E-state index is -0.204. The fourth-order valence-electron chi connectivity index (χ4n) is 3.56. The summed E-state index contributed by atoms with van der Waals surface area (Å²) >= 11 is 1.33. The van der Waals surface area contributed by atoms with E-state index in [0.717, 1.165) is 19.5 Å². The van der Waals surface area contributed by atoms with E-state index in [2.05, 4.69) is 44.8 Å². The summed E-state index contributed by atoms with van der Waals surface area (Å²) in [6.45, 7) is 2.64. The van der Waals surface area contributed by atoms with Gasteiger partial charge in [0.2, 0.25) is 5.91 Å². The zero-order valence-electron chi connectivity index (χ0n) is 16.6. The Bertz CT molecular complexity index is 991. The van der Waals surface area contributed by atoms with Gasteiger partial charge in [0, 0.05) is 36.3 Å². The summed E-state index contributed by atoms with van der Waals surface area (Å²) in [7, 11) is 0. The van der Waals surface area contributed by atoms with Crippen molar-refractivity contribution in [1.29, 1.82) is 0 Å². The van der Waals surface area contributed by atoms with E-state index in [0.29, 0.717) is 28.9 Å². The molecule has 1 atom stereocenters. The maximum absolute atomic E-state index is 12.3. The number of carbonyl (C=O) groups is 2. The van der Waals surface area contributed by atoms with Gasteiger partial charge in [0.05, 0.1) is 12.1 Å². The fourth-order valence-corrected chi connectivity index (χ4v) is 4.27. The van der Waals surface area contributed by atoms with Crippen molar-refractivity contribution < 1.29 is 9.59 Å². The number of hydrogen-bond acceptors (Lipinski definition) is 5. The second kappa shape index (κ2) is 9.54. The SMILES string of the molecule is O=C(Cc1csc(NC(=O)c2ccccc2)n1)NCC1CCN(c2ccccc2)C1. The molecule has 0 radical (unpaired) electrons. The monoisotopic (exact) mass is 420 g/mol. The Labute approximate surface area is 180 Å². The molecule has 0 spiro atoms. The highest BCUT2D eigenvalue weighted by molar-refractivity contribution is 7.14. The van der Waals surface area contributed by atoms with Gasteiger partial charge in [0.25, 0.3) is 5.91 Å². The molecule has 0 aliphatic carbocycles. The van der Waals surface area contributed by atoms with Crippen LogP contribution in [0, 0.1) is 5.92 Å². The first-order valence-electron chi connectivity index (χ1n) is 10.0. The Morgan fingerprint density at radius 3 is 2.57 bits per heavy atom. The van der Waals surface area contributed by atoms with Gasteiger partial charge in [0.15, 0.2) is 5.13 Å². The molecular weight excluding hydrogens is 396 g/mol. The lowest BCUT2D eigenvalue weighted by Gasteiger charge is -2.18. The van der Waals surface area contributed by atoms with E-state index in [1.165, 1.54) is 17.0 Å². The summed E-state index contributed by atoms with van der Waals surface area (Å²) in [6, 6.07) is 19.4. The van der Waals surface area contributed by atoms with Gasteiger partial charge in [0.1, 0.15) is 0 Å². The van der Waals surface area contributed by atoms with E-state index in [-0.39, 0.29) is 18.2 Å². The number of nitrogens with zero attached hydrogens (tertiary/aromatic N) is 2. The van der Waals surface area contributed by atoms with Crippen molar-refractivity contribution in [3.63, 3.8) is 0 Å². The fraction of sp³-hybridized carbons (Fsp3) is 0.261. The molecule has 2 N–H and O–H groups in total. The molecule has 2 aromatic carbocycles. The Balaban J connectivity index is 1.22. The van der Waals surface area contributed by atoms with Gasteiger partial charge >= 0.3 is 0 Å². The number of aromatic nitrogens is 1. The maximum Gasteiger partial charge on any atom is 0.257 e. The molecule has 3 aromatic rings. The molecule has 0 bridgehead atoms. The van der Waals surface area contributed by atoms with E-state index in [1.54, 1.807) is 12.1 Å². The topological polar surface area (TPSA) is 74.3 Å². The highest BCUT2D eigenvalue weighted by Crippen LogP contribution is 2.23. The molecule has 1 aliphatic rings. The van der Waals surface area contributed by atoms with Crippen LogP contribution in [0.25, 0.3) is 0 Å². The van der Waals surface area contributed by atoms with Gasteiger partial charge < -0.3 is 10.2 Å². The molecule has 30 heavy (non-hydrogen) atoms. The van der Waals surface area contributed by atoms with Gasteiger partial charge in [-0.3, -0.25) is 14.9 Å². The third-order valence-electron chi connectivity index (χ3n) is 5.14. The molecule has 4 rings (SSSR count). The second-order valence-electron chi connectivity index (χ2n) is 7.38. The Morgan fingerprint density at radius 1 is 1.07 bits per heavy atom. The summed E-state index contributed by atoms with van der Waals surface area (Å²) in [6.07, 6.45) is 1.29. The number of para-hydroxylation sites is 1. The minimum Gasteiger partial charge on any atom is -0.371 e. The first-order valence-corrected chi connectivity index (χ1v) is 10.9. The second-order valence-corrected chi connectivity index (χ2v) is 8.24. The van der Waals surface area contributed by atoms with Crippen LogP contribution in [0.15, 0.2) is 66.0 Å². The Morgan fingerprint density at radius 2 is 1.80 bits per heavy atom. The third-order valence-corrected chi connectivity index (χ3v) is 5.95. The maximum atomic E-state index is 12.3. The molecule has 1 aromatic heterocycles. The van der Waals surface area contributed by atoms with Crippen molar-refractivity contribution in [2.75, 3.05) is 29.9 Å². The molecule has 0 saturated carbocycles. The highest BCUT2D eigenvalue weighted by atomic mass is 32.1. The summed E-state index contributed by atoms with van der Waals surface area (Å²) in [4.78, 5) is 31.2. The number of anilines is 2. The molecular formula is C23H24N4O2S. The predicted octanol–water partition coefficient (Wildman–Crippen LogP) is 3.58. The number of thiazole rings is 1. The molecule has 6 nitrogen and oxygen atoms in total. The molecule has 2 amide bonds. The zero-order valence-corrected chi connectivity index (χ0v) is 17.4. The lowest BCUT2D eigenvalue weighted by atomic mass is 10.1. The van der Waals surface area contributed by atoms with Crippen LogP contribution in [-0.4, -0.2) is 36.4 Å². The average molecular weight is 421 g/mol. The van der Waals surface area contributed by atoms with E-state index in [4.69, 9.17) is 0 Å². The number of benzene rings is 2. The molecule has 1 saturated heterocycles. The van der Waals surface area contributed by atoms with Gasteiger partial charge in [-0.15, -0.1) is 11.3 Å². The first kappa shape index (κ1) is 20.1. The van der Waals surface area contributed by atoms with Crippen LogP contribution in [0.5, 0.6) is 0 Å². The van der Waals surface area contributed by atoms with Crippen LogP contribution in [0.3, 0.4) is 0 Å². The number of carbonyl (C=O) groups excluding carboxylic acids is 2. The van der Waals surface area contributed by atoms with E-state index in [1.807, 2.05) is 29.6 Å². The third kappa shape index (κ3) is 5.24. The quantitative estimate of drug-likeness (QED) is 0.613. The van der Waals surface area contributed by atoms with Crippen molar-refractivity contribution in [1.82, 2.24) is 10.3 Å². The van der Waals surface area contributed by atoms with Crippen molar-refractivity contribution in [3.05, 3.63) is 77.3 Å². The van der Waals surface area contributed by atoms with Crippen LogP contribution in [-0.2, 0) is 11.2 Å². The van der Waals surface area contributed by atoms with Crippen LogP contribution in [0.2, 0.25) is 0 Å². The van der Waals surface area contributed by atoms with Crippen molar-refractivity contribution in [2.24, 2.45) is 5.92 Å². The smallest absolute Gasteiger partial charge is 0.257 e. The molecule has 154 valence electrons. The Kier molecular flexibility index (Phi) is 6.39. The van der Waals surface area contributed by atoms with Crippen molar-refractivity contribution >= 4 is 34.0 Å². The van der Waals surface area contributed by atoms with Crippen LogP contribution in [0.1, 0.15) is 22.5 Å². The highest BCUT2D eigenvalue weighted by Gasteiger charge is 2.23. The number of amides is 2. The first-order chi connectivity index (χ1) is 14.7. The van der Waals surface area contributed by atoms with Crippen LogP contribution in [0.4, 0.5) is 10.8 Å². The van der Waals surface area contributed by atoms with E-state index < -0.39 is 0 Å². The predicted molar refractivity (Wildman–Crippen MR) is 120 cm³/mol. The largest absolute Gasteiger partial charge is 0.371 e. The molecule has 1 aliphatic heterocycles. The molecule has 1 unspecified atom stereocenters. The number of hydrogen-bond donors (Lipinski definition) is 2. The zero-order chi connectivity index (χ0) is 20.8. The van der Waals surface area contributed by atoms with Crippen LogP contribution < -0.4 is 15.5 Å². The van der Waals surface area contributed by atoms with E-state index in [9.17, 15) is 9.59 Å². The number of rotatable bonds is 7. The lowest BCUT2D eigenvalue weighted by molar-refractivity contribution is -0.120.